The molecule has 2 aliphatic rings. The van der Waals surface area contributed by atoms with E-state index in [1.165, 1.54) is 4.90 Å². The highest BCUT2D eigenvalue weighted by Gasteiger charge is 2.36. The molecule has 1 N–H and O–H groups in total. The first-order chi connectivity index (χ1) is 8.29. The van der Waals surface area contributed by atoms with Crippen molar-refractivity contribution in [1.82, 2.24) is 0 Å². The van der Waals surface area contributed by atoms with Crippen LogP contribution in [0.3, 0.4) is 0 Å². The van der Waals surface area contributed by atoms with Crippen LogP contribution in [0, 0.1) is 5.41 Å². The Hall–Kier alpha value is -1.90. The van der Waals surface area contributed by atoms with Crippen LogP contribution in [0.25, 0.3) is 0 Å². The first-order valence-corrected chi connectivity index (χ1v) is 5.99. The van der Waals surface area contributed by atoms with Crippen molar-refractivity contribution in [1.29, 1.82) is 5.41 Å². The van der Waals surface area contributed by atoms with Gasteiger partial charge in [0.2, 0.25) is 0 Å². The Morgan fingerprint density at radius 3 is 2.29 bits per heavy atom. The summed E-state index contributed by atoms with van der Waals surface area (Å²) in [6.45, 7) is 0. The van der Waals surface area contributed by atoms with Crippen molar-refractivity contribution in [2.24, 2.45) is 0 Å². The molecule has 3 rings (SSSR count). The molecular formula is C14H14N2O. The summed E-state index contributed by atoms with van der Waals surface area (Å²) in [4.78, 5) is 13.8. The van der Waals surface area contributed by atoms with Crippen LogP contribution in [0.5, 0.6) is 0 Å². The molecule has 0 fully saturated rings. The number of nitrogens with zero attached hydrogens (tertiary/aromatic N) is 1. The number of amidine groups is 1. The molecule has 0 unspecified atom stereocenters. The van der Waals surface area contributed by atoms with E-state index in [9.17, 15) is 4.79 Å². The summed E-state index contributed by atoms with van der Waals surface area (Å²) >= 11 is 0. The number of anilines is 1. The summed E-state index contributed by atoms with van der Waals surface area (Å²) in [6, 6.07) is 9.47. The van der Waals surface area contributed by atoms with E-state index in [2.05, 4.69) is 0 Å². The maximum atomic E-state index is 12.3. The van der Waals surface area contributed by atoms with Crippen LogP contribution in [-0.4, -0.2) is 11.7 Å². The van der Waals surface area contributed by atoms with E-state index < -0.39 is 0 Å². The minimum atomic E-state index is 0.0101. The molecule has 0 bridgehead atoms. The van der Waals surface area contributed by atoms with Crippen LogP contribution < -0.4 is 4.90 Å². The minimum Gasteiger partial charge on any atom is -0.284 e. The van der Waals surface area contributed by atoms with Gasteiger partial charge in [0, 0.05) is 11.1 Å². The highest BCUT2D eigenvalue weighted by atomic mass is 16.2. The van der Waals surface area contributed by atoms with E-state index >= 15 is 0 Å². The van der Waals surface area contributed by atoms with E-state index in [0.29, 0.717) is 5.84 Å². The van der Waals surface area contributed by atoms with Crippen LogP contribution >= 0.6 is 0 Å². The van der Waals surface area contributed by atoms with Gasteiger partial charge in [-0.1, -0.05) is 18.2 Å². The van der Waals surface area contributed by atoms with E-state index in [4.69, 9.17) is 5.41 Å². The van der Waals surface area contributed by atoms with Crippen molar-refractivity contribution in [3.63, 3.8) is 0 Å². The predicted octanol–water partition coefficient (Wildman–Crippen LogP) is 2.88. The first kappa shape index (κ1) is 10.3. The SMILES string of the molecule is N=C1C2=C(CCCC2)C(=O)N1c1ccccc1. The number of rotatable bonds is 1. The lowest BCUT2D eigenvalue weighted by Gasteiger charge is -2.17. The molecule has 0 radical (unpaired) electrons. The van der Waals surface area contributed by atoms with Gasteiger partial charge in [-0.3, -0.25) is 15.1 Å². The lowest BCUT2D eigenvalue weighted by atomic mass is 9.93. The van der Waals surface area contributed by atoms with Gasteiger partial charge in [0.1, 0.15) is 5.84 Å². The van der Waals surface area contributed by atoms with Gasteiger partial charge in [-0.25, -0.2) is 0 Å². The van der Waals surface area contributed by atoms with E-state index in [0.717, 1.165) is 42.5 Å². The third-order valence-electron chi connectivity index (χ3n) is 3.45. The molecule has 17 heavy (non-hydrogen) atoms. The summed E-state index contributed by atoms with van der Waals surface area (Å²) in [6.07, 6.45) is 3.88. The van der Waals surface area contributed by atoms with Crippen LogP contribution in [0.1, 0.15) is 25.7 Å². The Morgan fingerprint density at radius 2 is 1.65 bits per heavy atom. The number of para-hydroxylation sites is 1. The van der Waals surface area contributed by atoms with Gasteiger partial charge in [0.25, 0.3) is 5.91 Å². The maximum Gasteiger partial charge on any atom is 0.260 e. The lowest BCUT2D eigenvalue weighted by Crippen LogP contribution is -2.30. The third kappa shape index (κ3) is 1.50. The summed E-state index contributed by atoms with van der Waals surface area (Å²) in [5.74, 6) is 0.395. The number of hydrogen-bond donors (Lipinski definition) is 1. The number of benzene rings is 1. The summed E-state index contributed by atoms with van der Waals surface area (Å²) in [5, 5.41) is 8.15. The molecule has 0 aromatic heterocycles. The van der Waals surface area contributed by atoms with E-state index in [1.54, 1.807) is 0 Å². The monoisotopic (exact) mass is 226 g/mol. The molecule has 0 saturated carbocycles. The fourth-order valence-corrected chi connectivity index (χ4v) is 2.60. The first-order valence-electron chi connectivity index (χ1n) is 5.99. The van der Waals surface area contributed by atoms with Crippen molar-refractivity contribution in [3.05, 3.63) is 41.5 Å². The number of hydrogen-bond acceptors (Lipinski definition) is 2. The fourth-order valence-electron chi connectivity index (χ4n) is 2.60. The molecule has 0 spiro atoms. The highest BCUT2D eigenvalue weighted by Crippen LogP contribution is 2.35. The largest absolute Gasteiger partial charge is 0.284 e. The number of carbonyl (C=O) groups excluding carboxylic acids is 1. The second kappa shape index (κ2) is 3.84. The third-order valence-corrected chi connectivity index (χ3v) is 3.45. The van der Waals surface area contributed by atoms with Crippen LogP contribution in [-0.2, 0) is 4.79 Å². The molecular weight excluding hydrogens is 212 g/mol. The number of nitrogens with one attached hydrogen (secondary N) is 1. The smallest absolute Gasteiger partial charge is 0.260 e. The Balaban J connectivity index is 2.01. The molecule has 0 atom stereocenters. The zero-order chi connectivity index (χ0) is 11.8. The van der Waals surface area contributed by atoms with E-state index in [-0.39, 0.29) is 5.91 Å². The number of amides is 1. The van der Waals surface area contributed by atoms with Gasteiger partial charge in [-0.15, -0.1) is 0 Å². The van der Waals surface area contributed by atoms with Crippen LogP contribution in [0.15, 0.2) is 41.5 Å². The van der Waals surface area contributed by atoms with Gasteiger partial charge >= 0.3 is 0 Å². The molecule has 3 heteroatoms. The fraction of sp³-hybridized carbons (Fsp3) is 0.286. The Kier molecular flexibility index (Phi) is 2.32. The van der Waals surface area contributed by atoms with Crippen molar-refractivity contribution >= 4 is 17.4 Å². The molecule has 0 saturated heterocycles. The van der Waals surface area contributed by atoms with Crippen molar-refractivity contribution in [2.45, 2.75) is 25.7 Å². The van der Waals surface area contributed by atoms with Crippen LogP contribution in [0.2, 0.25) is 0 Å². The summed E-state index contributed by atoms with van der Waals surface area (Å²) in [7, 11) is 0. The Morgan fingerprint density at radius 1 is 1.00 bits per heavy atom. The van der Waals surface area contributed by atoms with Gasteiger partial charge in [-0.05, 0) is 37.8 Å². The Bertz CT molecular complexity index is 488. The average molecular weight is 226 g/mol. The molecule has 1 aromatic carbocycles. The summed E-state index contributed by atoms with van der Waals surface area (Å²) in [5.41, 5.74) is 2.63. The molecule has 1 heterocycles. The standard InChI is InChI=1S/C14H14N2O/c15-13-11-8-4-5-9-12(11)14(17)16(13)10-6-2-1-3-7-10/h1-3,6-7,15H,4-5,8-9H2. The van der Waals surface area contributed by atoms with Gasteiger partial charge in [-0.2, -0.15) is 0 Å². The molecule has 86 valence electrons. The summed E-state index contributed by atoms with van der Waals surface area (Å²) < 4.78 is 0. The molecule has 1 amide bonds. The van der Waals surface area contributed by atoms with Crippen molar-refractivity contribution in [3.8, 4) is 0 Å². The predicted molar refractivity (Wildman–Crippen MR) is 67.1 cm³/mol. The number of carbonyl (C=O) groups is 1. The normalized spacial score (nSPS) is 19.9. The molecule has 3 nitrogen and oxygen atoms in total. The van der Waals surface area contributed by atoms with Crippen molar-refractivity contribution < 1.29 is 4.79 Å². The van der Waals surface area contributed by atoms with Crippen LogP contribution in [0.4, 0.5) is 5.69 Å². The van der Waals surface area contributed by atoms with Gasteiger partial charge in [0.15, 0.2) is 0 Å². The average Bonchev–Trinajstić information content (AvgIpc) is 2.64. The molecule has 1 aliphatic heterocycles. The quantitative estimate of drug-likeness (QED) is 0.786. The van der Waals surface area contributed by atoms with Crippen molar-refractivity contribution in [2.75, 3.05) is 4.90 Å². The lowest BCUT2D eigenvalue weighted by molar-refractivity contribution is -0.114. The topological polar surface area (TPSA) is 44.2 Å². The van der Waals surface area contributed by atoms with E-state index in [1.807, 2.05) is 30.3 Å². The molecule has 1 aromatic rings. The highest BCUT2D eigenvalue weighted by molar-refractivity contribution is 6.33. The second-order valence-electron chi connectivity index (χ2n) is 4.49. The minimum absolute atomic E-state index is 0.0101. The van der Waals surface area contributed by atoms with Gasteiger partial charge < -0.3 is 0 Å². The molecule has 1 aliphatic carbocycles. The van der Waals surface area contributed by atoms with Gasteiger partial charge in [0.05, 0.1) is 5.69 Å². The zero-order valence-electron chi connectivity index (χ0n) is 9.57. The Labute approximate surface area is 100 Å². The zero-order valence-corrected chi connectivity index (χ0v) is 9.57. The second-order valence-corrected chi connectivity index (χ2v) is 4.49. The maximum absolute atomic E-state index is 12.3.